The van der Waals surface area contributed by atoms with Crippen LogP contribution in [0.2, 0.25) is 0 Å². The lowest BCUT2D eigenvalue weighted by atomic mass is 9.88. The molecule has 0 unspecified atom stereocenters. The molecule has 0 aromatic heterocycles. The lowest BCUT2D eigenvalue weighted by molar-refractivity contribution is 0.0653. The van der Waals surface area contributed by atoms with Crippen molar-refractivity contribution in [3.8, 4) is 17.2 Å². The Balaban J connectivity index is 1.85. The highest BCUT2D eigenvalue weighted by Crippen LogP contribution is 2.30. The maximum absolute atomic E-state index is 12.3. The second kappa shape index (κ2) is 8.22. The average molecular weight is 385 g/mol. The maximum Gasteiger partial charge on any atom is 0.214 e. The van der Waals surface area contributed by atoms with Crippen LogP contribution in [0.5, 0.6) is 0 Å². The van der Waals surface area contributed by atoms with Gasteiger partial charge in [-0.15, -0.1) is 0 Å². The van der Waals surface area contributed by atoms with Crippen LogP contribution >= 0.6 is 0 Å². The predicted octanol–water partition coefficient (Wildman–Crippen LogP) is 3.43. The van der Waals surface area contributed by atoms with E-state index in [1.165, 1.54) is 0 Å². The molecule has 2 aromatic carbocycles. The lowest BCUT2D eigenvalue weighted by Gasteiger charge is -2.33. The normalized spacial score (nSPS) is 20.4. The molecule has 2 aromatic rings. The first-order valence-electron chi connectivity index (χ1n) is 9.10. The van der Waals surface area contributed by atoms with Gasteiger partial charge in [0, 0.05) is 18.6 Å². The first-order valence-corrected chi connectivity index (χ1v) is 10.7. The number of nitrogens with zero attached hydrogens (tertiary/aromatic N) is 1. The van der Waals surface area contributed by atoms with Gasteiger partial charge in [0.05, 0.1) is 23.5 Å². The summed E-state index contributed by atoms with van der Waals surface area (Å²) in [5.74, 6) is -0.0347. The quantitative estimate of drug-likeness (QED) is 0.857. The zero-order valence-electron chi connectivity index (χ0n) is 15.6. The highest BCUT2D eigenvalue weighted by molar-refractivity contribution is 7.90. The summed E-state index contributed by atoms with van der Waals surface area (Å²) in [6.07, 6.45) is 0.648. The van der Waals surface area contributed by atoms with Crippen molar-refractivity contribution in [3.63, 3.8) is 0 Å². The van der Waals surface area contributed by atoms with Crippen LogP contribution in [0.25, 0.3) is 11.1 Å². The van der Waals surface area contributed by atoms with Crippen molar-refractivity contribution >= 4 is 10.0 Å². The Morgan fingerprint density at radius 3 is 2.52 bits per heavy atom. The van der Waals surface area contributed by atoms with E-state index in [9.17, 15) is 13.7 Å². The molecule has 142 valence electrons. The van der Waals surface area contributed by atoms with Crippen LogP contribution in [0.15, 0.2) is 48.5 Å². The Morgan fingerprint density at radius 1 is 1.15 bits per heavy atom. The zero-order valence-corrected chi connectivity index (χ0v) is 16.4. The van der Waals surface area contributed by atoms with Crippen LogP contribution in [-0.4, -0.2) is 32.9 Å². The summed E-state index contributed by atoms with van der Waals surface area (Å²) in [7, 11) is -3.34. The van der Waals surface area contributed by atoms with E-state index < -0.39 is 15.3 Å². The van der Waals surface area contributed by atoms with Gasteiger partial charge >= 0.3 is 0 Å². The van der Waals surface area contributed by atoms with E-state index in [1.807, 2.05) is 42.5 Å². The molecule has 0 aliphatic carbocycles. The van der Waals surface area contributed by atoms with Crippen LogP contribution < -0.4 is 4.72 Å². The molecule has 0 amide bonds. The van der Waals surface area contributed by atoms with Crippen molar-refractivity contribution in [1.29, 1.82) is 5.26 Å². The monoisotopic (exact) mass is 384 g/mol. The summed E-state index contributed by atoms with van der Waals surface area (Å²) in [5.41, 5.74) is 3.52. The molecule has 1 fully saturated rings. The van der Waals surface area contributed by atoms with E-state index in [2.05, 4.69) is 10.8 Å². The molecule has 1 heterocycles. The largest absolute Gasteiger partial charge is 0.381 e. The SMILES string of the molecule is CC(C)S(=O)(=O)N[C@@H]1CCOC[C@@H]1c1ccc(-c2ccccc2C#N)cc1. The molecular formula is C21H24N2O3S. The third-order valence-corrected chi connectivity index (χ3v) is 6.86. The summed E-state index contributed by atoms with van der Waals surface area (Å²) in [6.45, 7) is 4.39. The lowest BCUT2D eigenvalue weighted by Crippen LogP contribution is -2.46. The number of hydrogen-bond acceptors (Lipinski definition) is 4. The van der Waals surface area contributed by atoms with E-state index in [-0.39, 0.29) is 12.0 Å². The Morgan fingerprint density at radius 2 is 1.85 bits per heavy atom. The van der Waals surface area contributed by atoms with Gasteiger partial charge in [-0.25, -0.2) is 13.1 Å². The topological polar surface area (TPSA) is 79.2 Å². The predicted molar refractivity (Wildman–Crippen MR) is 106 cm³/mol. The van der Waals surface area contributed by atoms with Gasteiger partial charge in [-0.1, -0.05) is 42.5 Å². The number of sulfonamides is 1. The Bertz CT molecular complexity index is 931. The summed E-state index contributed by atoms with van der Waals surface area (Å²) < 4.78 is 33.1. The molecule has 3 rings (SSSR count). The van der Waals surface area contributed by atoms with Crippen molar-refractivity contribution < 1.29 is 13.2 Å². The Kier molecular flexibility index (Phi) is 5.95. The third-order valence-electron chi connectivity index (χ3n) is 4.99. The van der Waals surface area contributed by atoms with Crippen molar-refractivity contribution in [3.05, 3.63) is 59.7 Å². The number of benzene rings is 2. The van der Waals surface area contributed by atoms with Crippen LogP contribution in [0.4, 0.5) is 0 Å². The molecule has 0 saturated carbocycles. The second-order valence-electron chi connectivity index (χ2n) is 7.07. The van der Waals surface area contributed by atoms with Crippen LogP contribution in [0.1, 0.15) is 37.3 Å². The Labute approximate surface area is 161 Å². The highest BCUT2D eigenvalue weighted by Gasteiger charge is 2.31. The van der Waals surface area contributed by atoms with E-state index in [0.29, 0.717) is 25.2 Å². The minimum atomic E-state index is -3.34. The molecule has 1 N–H and O–H groups in total. The summed E-state index contributed by atoms with van der Waals surface area (Å²) in [5, 5.41) is 8.83. The first-order chi connectivity index (χ1) is 12.9. The summed E-state index contributed by atoms with van der Waals surface area (Å²) in [4.78, 5) is 0. The second-order valence-corrected chi connectivity index (χ2v) is 9.34. The van der Waals surface area contributed by atoms with Crippen LogP contribution in [0.3, 0.4) is 0 Å². The fourth-order valence-corrected chi connectivity index (χ4v) is 4.27. The molecule has 1 aliphatic rings. The van der Waals surface area contributed by atoms with Crippen molar-refractivity contribution in [1.82, 2.24) is 4.72 Å². The number of nitriles is 1. The first kappa shape index (κ1) is 19.6. The maximum atomic E-state index is 12.3. The molecule has 2 atom stereocenters. The van der Waals surface area contributed by atoms with Gasteiger partial charge in [-0.3, -0.25) is 0 Å². The van der Waals surface area contributed by atoms with Gasteiger partial charge in [0.1, 0.15) is 0 Å². The minimum absolute atomic E-state index is 0.0347. The molecule has 1 aliphatic heterocycles. The highest BCUT2D eigenvalue weighted by atomic mass is 32.2. The van der Waals surface area contributed by atoms with E-state index in [4.69, 9.17) is 4.74 Å². The minimum Gasteiger partial charge on any atom is -0.381 e. The number of rotatable bonds is 5. The van der Waals surface area contributed by atoms with Crippen LogP contribution in [-0.2, 0) is 14.8 Å². The van der Waals surface area contributed by atoms with Gasteiger partial charge in [0.15, 0.2) is 0 Å². The van der Waals surface area contributed by atoms with Gasteiger partial charge in [-0.05, 0) is 43.0 Å². The van der Waals surface area contributed by atoms with Crippen LogP contribution in [0, 0.1) is 11.3 Å². The van der Waals surface area contributed by atoms with E-state index in [0.717, 1.165) is 16.7 Å². The third kappa shape index (κ3) is 4.38. The van der Waals surface area contributed by atoms with Gasteiger partial charge < -0.3 is 4.74 Å². The molecule has 1 saturated heterocycles. The molecule has 0 spiro atoms. The zero-order chi connectivity index (χ0) is 19.4. The van der Waals surface area contributed by atoms with E-state index >= 15 is 0 Å². The summed E-state index contributed by atoms with van der Waals surface area (Å²) >= 11 is 0. The molecule has 0 bridgehead atoms. The molecule has 5 nitrogen and oxygen atoms in total. The van der Waals surface area contributed by atoms with Gasteiger partial charge in [0.25, 0.3) is 0 Å². The number of ether oxygens (including phenoxy) is 1. The number of hydrogen-bond donors (Lipinski definition) is 1. The average Bonchev–Trinajstić information content (AvgIpc) is 2.68. The fraction of sp³-hybridized carbons (Fsp3) is 0.381. The van der Waals surface area contributed by atoms with Crippen molar-refractivity contribution in [2.45, 2.75) is 37.5 Å². The Hall–Kier alpha value is -2.20. The van der Waals surface area contributed by atoms with Gasteiger partial charge in [0.2, 0.25) is 10.0 Å². The molecular weight excluding hydrogens is 360 g/mol. The standard InChI is InChI=1S/C21H24N2O3S/c1-15(2)27(24,25)23-21-11-12-26-14-20(21)17-9-7-16(8-10-17)19-6-4-3-5-18(19)13-22/h3-10,15,20-21,23H,11-12,14H2,1-2H3/t20-,21-/m1/s1. The van der Waals surface area contributed by atoms with E-state index in [1.54, 1.807) is 19.9 Å². The smallest absolute Gasteiger partial charge is 0.214 e. The van der Waals surface area contributed by atoms with Crippen molar-refractivity contribution in [2.75, 3.05) is 13.2 Å². The molecule has 0 radical (unpaired) electrons. The summed E-state index contributed by atoms with van der Waals surface area (Å²) in [6, 6.07) is 17.5. The molecule has 27 heavy (non-hydrogen) atoms. The number of nitrogens with one attached hydrogen (secondary N) is 1. The fourth-order valence-electron chi connectivity index (χ4n) is 3.30. The van der Waals surface area contributed by atoms with Crippen molar-refractivity contribution in [2.24, 2.45) is 0 Å². The molecule has 6 heteroatoms. The van der Waals surface area contributed by atoms with Gasteiger partial charge in [-0.2, -0.15) is 5.26 Å².